The third-order valence-electron chi connectivity index (χ3n) is 6.28. The largest absolute Gasteiger partial charge is 0.497 e. The van der Waals surface area contributed by atoms with Crippen LogP contribution in [0.2, 0.25) is 0 Å². The van der Waals surface area contributed by atoms with Gasteiger partial charge in [-0.2, -0.15) is 0 Å². The van der Waals surface area contributed by atoms with E-state index >= 15 is 0 Å². The van der Waals surface area contributed by atoms with Gasteiger partial charge in [-0.25, -0.2) is 9.07 Å². The number of aromatic nitrogens is 4. The van der Waals surface area contributed by atoms with Crippen molar-refractivity contribution in [3.05, 3.63) is 102 Å². The molecule has 7 nitrogen and oxygen atoms in total. The minimum absolute atomic E-state index is 0.169. The van der Waals surface area contributed by atoms with Gasteiger partial charge < -0.3 is 9.64 Å². The molecule has 0 N–H and O–H groups in total. The molecule has 1 atom stereocenters. The number of piperazine rings is 1. The van der Waals surface area contributed by atoms with Gasteiger partial charge >= 0.3 is 0 Å². The average Bonchev–Trinajstić information content (AvgIpc) is 3.34. The van der Waals surface area contributed by atoms with Crippen LogP contribution in [0.15, 0.2) is 78.9 Å². The Morgan fingerprint density at radius 2 is 1.59 bits per heavy atom. The molecule has 0 radical (unpaired) electrons. The van der Waals surface area contributed by atoms with Gasteiger partial charge in [-0.1, -0.05) is 42.5 Å². The van der Waals surface area contributed by atoms with E-state index in [4.69, 9.17) is 4.74 Å². The smallest absolute Gasteiger partial charge is 0.173 e. The number of anilines is 1. The molecule has 0 saturated carbocycles. The summed E-state index contributed by atoms with van der Waals surface area (Å²) in [6.07, 6.45) is 0. The summed E-state index contributed by atoms with van der Waals surface area (Å²) in [5.41, 5.74) is 3.27. The molecule has 8 heteroatoms. The lowest BCUT2D eigenvalue weighted by Gasteiger charge is -2.40. The molecule has 34 heavy (non-hydrogen) atoms. The van der Waals surface area contributed by atoms with E-state index in [1.807, 2.05) is 47.1 Å². The number of nitrogens with zero attached hydrogens (tertiary/aromatic N) is 6. The van der Waals surface area contributed by atoms with Crippen molar-refractivity contribution < 1.29 is 9.13 Å². The Morgan fingerprint density at radius 3 is 2.26 bits per heavy atom. The number of hydrogen-bond acceptors (Lipinski definition) is 6. The van der Waals surface area contributed by atoms with Crippen LogP contribution in [-0.2, 0) is 6.54 Å². The first kappa shape index (κ1) is 22.0. The monoisotopic (exact) mass is 458 g/mol. The summed E-state index contributed by atoms with van der Waals surface area (Å²) < 4.78 is 20.8. The van der Waals surface area contributed by atoms with Crippen molar-refractivity contribution in [1.29, 1.82) is 0 Å². The Balaban J connectivity index is 1.40. The Hall–Kier alpha value is -3.78. The predicted molar refractivity (Wildman–Crippen MR) is 128 cm³/mol. The van der Waals surface area contributed by atoms with Gasteiger partial charge in [0.1, 0.15) is 11.6 Å². The summed E-state index contributed by atoms with van der Waals surface area (Å²) in [4.78, 5) is 4.74. The summed E-state index contributed by atoms with van der Waals surface area (Å²) in [6.45, 7) is 3.96. The number of halogens is 1. The highest BCUT2D eigenvalue weighted by molar-refractivity contribution is 5.49. The maximum atomic E-state index is 13.7. The van der Waals surface area contributed by atoms with E-state index in [9.17, 15) is 4.39 Å². The second-order valence-electron chi connectivity index (χ2n) is 8.36. The molecule has 4 aromatic rings. The van der Waals surface area contributed by atoms with Gasteiger partial charge in [-0.15, -0.1) is 5.10 Å². The van der Waals surface area contributed by atoms with Crippen molar-refractivity contribution in [3.63, 3.8) is 0 Å². The Bertz CT molecular complexity index is 1190. The fraction of sp³-hybridized carbons (Fsp3) is 0.269. The van der Waals surface area contributed by atoms with Crippen molar-refractivity contribution in [2.75, 3.05) is 38.2 Å². The van der Waals surface area contributed by atoms with Crippen molar-refractivity contribution >= 4 is 5.69 Å². The highest BCUT2D eigenvalue weighted by atomic mass is 19.1. The van der Waals surface area contributed by atoms with Crippen molar-refractivity contribution in [2.24, 2.45) is 0 Å². The molecule has 174 valence electrons. The van der Waals surface area contributed by atoms with Crippen LogP contribution in [0.4, 0.5) is 10.1 Å². The molecule has 1 aromatic heterocycles. The minimum atomic E-state index is -0.254. The van der Waals surface area contributed by atoms with Crippen LogP contribution in [0, 0.1) is 5.82 Å². The predicted octanol–water partition coefficient (Wildman–Crippen LogP) is 3.78. The average molecular weight is 459 g/mol. The molecular formula is C26H27FN6O. The fourth-order valence-electron chi connectivity index (χ4n) is 4.48. The minimum Gasteiger partial charge on any atom is -0.497 e. The molecule has 0 aliphatic carbocycles. The zero-order valence-corrected chi connectivity index (χ0v) is 19.1. The standard InChI is InChI=1S/C26H27FN6O/c1-34-24-13-11-23(12-14-24)31-15-17-32(18-16-31)25(21-7-9-22(27)10-8-21)26-28-29-30-33(26)19-20-5-3-2-4-6-20/h2-14,25H,15-19H2,1H3. The first-order chi connectivity index (χ1) is 16.7. The number of benzene rings is 3. The molecule has 1 unspecified atom stereocenters. The maximum absolute atomic E-state index is 13.7. The summed E-state index contributed by atoms with van der Waals surface area (Å²) >= 11 is 0. The van der Waals surface area contributed by atoms with Crippen molar-refractivity contribution in [2.45, 2.75) is 12.6 Å². The molecule has 1 saturated heterocycles. The van der Waals surface area contributed by atoms with Gasteiger partial charge in [0.25, 0.3) is 0 Å². The molecule has 5 rings (SSSR count). The van der Waals surface area contributed by atoms with Crippen LogP contribution >= 0.6 is 0 Å². The number of methoxy groups -OCH3 is 1. The van der Waals surface area contributed by atoms with Gasteiger partial charge in [-0.3, -0.25) is 4.90 Å². The number of ether oxygens (including phenoxy) is 1. The Labute approximate surface area is 198 Å². The topological polar surface area (TPSA) is 59.3 Å². The highest BCUT2D eigenvalue weighted by Gasteiger charge is 2.30. The number of tetrazole rings is 1. The normalized spacial score (nSPS) is 15.3. The number of rotatable bonds is 7. The summed E-state index contributed by atoms with van der Waals surface area (Å²) in [7, 11) is 1.68. The van der Waals surface area contributed by atoms with Crippen LogP contribution in [0.1, 0.15) is 23.0 Å². The van der Waals surface area contributed by atoms with E-state index in [0.29, 0.717) is 6.54 Å². The molecule has 0 amide bonds. The lowest BCUT2D eigenvalue weighted by atomic mass is 10.0. The summed E-state index contributed by atoms with van der Waals surface area (Å²) in [5, 5.41) is 12.7. The maximum Gasteiger partial charge on any atom is 0.173 e. The second-order valence-corrected chi connectivity index (χ2v) is 8.36. The van der Waals surface area contributed by atoms with Crippen LogP contribution in [0.5, 0.6) is 5.75 Å². The van der Waals surface area contributed by atoms with E-state index in [1.54, 1.807) is 7.11 Å². The van der Waals surface area contributed by atoms with E-state index in [0.717, 1.165) is 48.9 Å². The first-order valence-corrected chi connectivity index (χ1v) is 11.4. The van der Waals surface area contributed by atoms with Crippen LogP contribution in [-0.4, -0.2) is 58.4 Å². The van der Waals surface area contributed by atoms with Crippen LogP contribution < -0.4 is 9.64 Å². The third kappa shape index (κ3) is 4.77. The first-order valence-electron chi connectivity index (χ1n) is 11.4. The molecular weight excluding hydrogens is 431 g/mol. The Kier molecular flexibility index (Phi) is 6.49. The number of hydrogen-bond donors (Lipinski definition) is 0. The Morgan fingerprint density at radius 1 is 0.882 bits per heavy atom. The molecule has 1 fully saturated rings. The van der Waals surface area contributed by atoms with Gasteiger partial charge in [0.05, 0.1) is 19.7 Å². The van der Waals surface area contributed by atoms with Gasteiger partial charge in [-0.05, 0) is 58.0 Å². The van der Waals surface area contributed by atoms with Gasteiger partial charge in [0.2, 0.25) is 0 Å². The third-order valence-corrected chi connectivity index (χ3v) is 6.28. The van der Waals surface area contributed by atoms with E-state index in [-0.39, 0.29) is 11.9 Å². The van der Waals surface area contributed by atoms with Gasteiger partial charge in [0, 0.05) is 31.9 Å². The van der Waals surface area contributed by atoms with E-state index < -0.39 is 0 Å². The fourth-order valence-corrected chi connectivity index (χ4v) is 4.48. The van der Waals surface area contributed by atoms with E-state index in [2.05, 4.69) is 49.6 Å². The molecule has 0 bridgehead atoms. The molecule has 3 aromatic carbocycles. The zero-order valence-electron chi connectivity index (χ0n) is 19.1. The lowest BCUT2D eigenvalue weighted by molar-refractivity contribution is 0.201. The zero-order chi connectivity index (χ0) is 23.3. The summed E-state index contributed by atoms with van der Waals surface area (Å²) in [6, 6.07) is 24.8. The lowest BCUT2D eigenvalue weighted by Crippen LogP contribution is -2.48. The van der Waals surface area contributed by atoms with Crippen LogP contribution in [0.25, 0.3) is 0 Å². The van der Waals surface area contributed by atoms with Crippen molar-refractivity contribution in [1.82, 2.24) is 25.1 Å². The van der Waals surface area contributed by atoms with Crippen molar-refractivity contribution in [3.8, 4) is 5.75 Å². The molecule has 1 aliphatic heterocycles. The molecule has 1 aliphatic rings. The molecule has 0 spiro atoms. The molecule has 2 heterocycles. The van der Waals surface area contributed by atoms with Gasteiger partial charge in [0.15, 0.2) is 5.82 Å². The second kappa shape index (κ2) is 10.0. The summed E-state index contributed by atoms with van der Waals surface area (Å²) in [5.74, 6) is 1.35. The highest BCUT2D eigenvalue weighted by Crippen LogP contribution is 2.30. The van der Waals surface area contributed by atoms with Crippen LogP contribution in [0.3, 0.4) is 0 Å². The van der Waals surface area contributed by atoms with E-state index in [1.165, 1.54) is 17.8 Å². The quantitative estimate of drug-likeness (QED) is 0.420. The SMILES string of the molecule is COc1ccc(N2CCN(C(c3ccc(F)cc3)c3nnnn3Cc3ccccc3)CC2)cc1.